The number of benzene rings is 1. The van der Waals surface area contributed by atoms with Gasteiger partial charge in [0.25, 0.3) is 5.91 Å². The normalized spacial score (nSPS) is 17.4. The van der Waals surface area contributed by atoms with Crippen molar-refractivity contribution in [3.05, 3.63) is 47.2 Å². The molecule has 2 aliphatic rings. The minimum absolute atomic E-state index is 0.0686. The quantitative estimate of drug-likeness (QED) is 0.804. The van der Waals surface area contributed by atoms with E-state index in [1.807, 2.05) is 54.2 Å². The average molecular weight is 380 g/mol. The van der Waals surface area contributed by atoms with Crippen LogP contribution in [0.1, 0.15) is 21.6 Å². The number of rotatable bonds is 3. The Kier molecular flexibility index (Phi) is 5.17. The summed E-state index contributed by atoms with van der Waals surface area (Å²) < 4.78 is 0. The molecule has 2 aromatic rings. The second kappa shape index (κ2) is 7.75. The summed E-state index contributed by atoms with van der Waals surface area (Å²) >= 11 is 0. The number of fused-ring (bicyclic) bond motifs is 1. The number of hydrogen-bond donors (Lipinski definition) is 0. The molecule has 0 atom stereocenters. The first-order valence-electron chi connectivity index (χ1n) is 9.88. The van der Waals surface area contributed by atoms with Crippen LogP contribution in [-0.2, 0) is 13.0 Å². The van der Waals surface area contributed by atoms with Crippen molar-refractivity contribution in [2.75, 3.05) is 63.7 Å². The molecule has 1 saturated heterocycles. The molecule has 28 heavy (non-hydrogen) atoms. The molecule has 1 aromatic heterocycles. The minimum atomic E-state index is 0.0686. The van der Waals surface area contributed by atoms with Gasteiger partial charge in [-0.1, -0.05) is 18.2 Å². The fourth-order valence-electron chi connectivity index (χ4n) is 3.84. The van der Waals surface area contributed by atoms with Gasteiger partial charge >= 0.3 is 0 Å². The van der Waals surface area contributed by atoms with E-state index in [4.69, 9.17) is 9.97 Å². The average Bonchev–Trinajstić information content (AvgIpc) is 2.73. The third-order valence-electron chi connectivity index (χ3n) is 5.54. The largest absolute Gasteiger partial charge is 0.362 e. The van der Waals surface area contributed by atoms with Crippen molar-refractivity contribution in [1.82, 2.24) is 19.8 Å². The SMILES string of the molecule is CN1CCN(c2nc3c(c(N(C)C)n2)CN(C(=O)c2ccccc2)CC3)CC1. The molecule has 7 heteroatoms. The number of likely N-dealkylation sites (N-methyl/N-ethyl adjacent to an activating group) is 1. The van der Waals surface area contributed by atoms with Crippen LogP contribution in [0.5, 0.6) is 0 Å². The number of piperazine rings is 1. The molecule has 0 unspecified atom stereocenters. The van der Waals surface area contributed by atoms with Gasteiger partial charge in [0.1, 0.15) is 5.82 Å². The fourth-order valence-corrected chi connectivity index (χ4v) is 3.84. The van der Waals surface area contributed by atoms with E-state index in [1.165, 1.54) is 0 Å². The predicted molar refractivity (Wildman–Crippen MR) is 111 cm³/mol. The van der Waals surface area contributed by atoms with Crippen molar-refractivity contribution in [2.45, 2.75) is 13.0 Å². The molecular weight excluding hydrogens is 352 g/mol. The maximum absolute atomic E-state index is 12.9. The van der Waals surface area contributed by atoms with Gasteiger partial charge in [-0.25, -0.2) is 4.98 Å². The summed E-state index contributed by atoms with van der Waals surface area (Å²) in [7, 11) is 6.16. The Bertz CT molecular complexity index is 845. The minimum Gasteiger partial charge on any atom is -0.362 e. The van der Waals surface area contributed by atoms with Crippen LogP contribution in [-0.4, -0.2) is 79.5 Å². The Hall–Kier alpha value is -2.67. The summed E-state index contributed by atoms with van der Waals surface area (Å²) in [6.45, 7) is 5.18. The molecule has 3 heterocycles. The van der Waals surface area contributed by atoms with Gasteiger partial charge in [0, 0.05) is 64.4 Å². The molecular formula is C21H28N6O. The van der Waals surface area contributed by atoms with Crippen LogP contribution in [0.25, 0.3) is 0 Å². The Morgan fingerprint density at radius 2 is 1.71 bits per heavy atom. The molecule has 0 N–H and O–H groups in total. The van der Waals surface area contributed by atoms with Gasteiger partial charge in [0.15, 0.2) is 0 Å². The Balaban J connectivity index is 1.61. The zero-order valence-electron chi connectivity index (χ0n) is 16.9. The van der Waals surface area contributed by atoms with E-state index in [-0.39, 0.29) is 5.91 Å². The van der Waals surface area contributed by atoms with Crippen LogP contribution in [0, 0.1) is 0 Å². The maximum Gasteiger partial charge on any atom is 0.254 e. The van der Waals surface area contributed by atoms with Crippen LogP contribution in [0.2, 0.25) is 0 Å². The lowest BCUT2D eigenvalue weighted by atomic mass is 10.0. The van der Waals surface area contributed by atoms with E-state index >= 15 is 0 Å². The number of amides is 1. The highest BCUT2D eigenvalue weighted by molar-refractivity contribution is 5.94. The van der Waals surface area contributed by atoms with Gasteiger partial charge in [-0.3, -0.25) is 4.79 Å². The zero-order valence-corrected chi connectivity index (χ0v) is 16.9. The van der Waals surface area contributed by atoms with E-state index < -0.39 is 0 Å². The van der Waals surface area contributed by atoms with Gasteiger partial charge in [-0.05, 0) is 19.2 Å². The molecule has 1 fully saturated rings. The van der Waals surface area contributed by atoms with E-state index in [1.54, 1.807) is 0 Å². The van der Waals surface area contributed by atoms with Crippen LogP contribution in [0.4, 0.5) is 11.8 Å². The molecule has 148 valence electrons. The highest BCUT2D eigenvalue weighted by Crippen LogP contribution is 2.29. The number of carbonyl (C=O) groups excluding carboxylic acids is 1. The Morgan fingerprint density at radius 1 is 1.00 bits per heavy atom. The highest BCUT2D eigenvalue weighted by atomic mass is 16.2. The summed E-state index contributed by atoms with van der Waals surface area (Å²) in [5.74, 6) is 1.81. The van der Waals surface area contributed by atoms with Crippen LogP contribution >= 0.6 is 0 Å². The monoisotopic (exact) mass is 380 g/mol. The molecule has 0 spiro atoms. The third kappa shape index (κ3) is 3.67. The molecule has 7 nitrogen and oxygen atoms in total. The Morgan fingerprint density at radius 3 is 2.39 bits per heavy atom. The van der Waals surface area contributed by atoms with Gasteiger partial charge in [0.2, 0.25) is 5.95 Å². The first-order chi connectivity index (χ1) is 13.5. The van der Waals surface area contributed by atoms with Crippen molar-refractivity contribution in [1.29, 1.82) is 0 Å². The van der Waals surface area contributed by atoms with Crippen LogP contribution in [0.15, 0.2) is 30.3 Å². The molecule has 0 radical (unpaired) electrons. The molecule has 0 bridgehead atoms. The summed E-state index contributed by atoms with van der Waals surface area (Å²) in [6.07, 6.45) is 0.762. The highest BCUT2D eigenvalue weighted by Gasteiger charge is 2.28. The number of hydrogen-bond acceptors (Lipinski definition) is 6. The van der Waals surface area contributed by atoms with E-state index in [0.717, 1.165) is 61.2 Å². The molecule has 0 aliphatic carbocycles. The van der Waals surface area contributed by atoms with Crippen molar-refractivity contribution in [3.8, 4) is 0 Å². The van der Waals surface area contributed by atoms with Crippen LogP contribution in [0.3, 0.4) is 0 Å². The summed E-state index contributed by atoms with van der Waals surface area (Å²) in [5, 5.41) is 0. The number of aromatic nitrogens is 2. The summed E-state index contributed by atoms with van der Waals surface area (Å²) in [6, 6.07) is 9.49. The Labute approximate surface area is 166 Å². The fraction of sp³-hybridized carbons (Fsp3) is 0.476. The zero-order chi connectivity index (χ0) is 19.7. The number of nitrogens with zero attached hydrogens (tertiary/aromatic N) is 6. The predicted octanol–water partition coefficient (Wildman–Crippen LogP) is 1.49. The van der Waals surface area contributed by atoms with E-state index in [9.17, 15) is 4.79 Å². The lowest BCUT2D eigenvalue weighted by Gasteiger charge is -2.35. The molecule has 1 amide bonds. The third-order valence-corrected chi connectivity index (χ3v) is 5.54. The van der Waals surface area contributed by atoms with E-state index in [2.05, 4.69) is 16.8 Å². The second-order valence-electron chi connectivity index (χ2n) is 7.80. The van der Waals surface area contributed by atoms with Gasteiger partial charge in [-0.2, -0.15) is 4.98 Å². The van der Waals surface area contributed by atoms with Gasteiger partial charge < -0.3 is 19.6 Å². The number of carbonyl (C=O) groups is 1. The maximum atomic E-state index is 12.9. The van der Waals surface area contributed by atoms with Crippen molar-refractivity contribution >= 4 is 17.7 Å². The van der Waals surface area contributed by atoms with Crippen LogP contribution < -0.4 is 9.80 Å². The van der Waals surface area contributed by atoms with Crippen molar-refractivity contribution < 1.29 is 4.79 Å². The lowest BCUT2D eigenvalue weighted by molar-refractivity contribution is 0.0733. The molecule has 2 aliphatic heterocycles. The van der Waals surface area contributed by atoms with Gasteiger partial charge in [0.05, 0.1) is 12.2 Å². The summed E-state index contributed by atoms with van der Waals surface area (Å²) in [4.78, 5) is 31.2. The van der Waals surface area contributed by atoms with Gasteiger partial charge in [-0.15, -0.1) is 0 Å². The molecule has 1 aromatic carbocycles. The first-order valence-corrected chi connectivity index (χ1v) is 9.88. The smallest absolute Gasteiger partial charge is 0.254 e. The molecule has 0 saturated carbocycles. The first kappa shape index (κ1) is 18.7. The second-order valence-corrected chi connectivity index (χ2v) is 7.80. The standard InChI is InChI=1S/C21H28N6O/c1-24(2)19-17-15-27(20(28)16-7-5-4-6-8-16)10-9-18(17)22-21(23-19)26-13-11-25(3)12-14-26/h4-8H,9-15H2,1-3H3. The van der Waals surface area contributed by atoms with Crippen molar-refractivity contribution in [3.63, 3.8) is 0 Å². The van der Waals surface area contributed by atoms with Crippen molar-refractivity contribution in [2.24, 2.45) is 0 Å². The lowest BCUT2D eigenvalue weighted by Crippen LogP contribution is -2.45. The summed E-state index contributed by atoms with van der Waals surface area (Å²) in [5.41, 5.74) is 2.87. The van der Waals surface area contributed by atoms with E-state index in [0.29, 0.717) is 13.1 Å². The topological polar surface area (TPSA) is 55.8 Å². The molecule has 4 rings (SSSR count). The number of anilines is 2.